The molecule has 0 amide bonds. The Balaban J connectivity index is 2.23. The van der Waals surface area contributed by atoms with Gasteiger partial charge in [0.25, 0.3) is 0 Å². The Morgan fingerprint density at radius 3 is 2.72 bits per heavy atom. The minimum atomic E-state index is 0.464. The molecule has 3 rings (SSSR count). The zero-order chi connectivity index (χ0) is 12.5. The number of aromatic nitrogens is 3. The largest absolute Gasteiger partial charge is 0.325 e. The van der Waals surface area contributed by atoms with Crippen molar-refractivity contribution >= 4 is 5.52 Å². The highest BCUT2D eigenvalue weighted by atomic mass is 15.0. The molecule has 0 bridgehead atoms. The molecule has 0 fully saturated rings. The molecule has 0 spiro atoms. The molecule has 3 aromatic heterocycles. The molecule has 0 atom stereocenters. The lowest BCUT2D eigenvalue weighted by Gasteiger charge is -2.01. The van der Waals surface area contributed by atoms with Crippen LogP contribution in [0.4, 0.5) is 0 Å². The first-order valence-corrected chi connectivity index (χ1v) is 5.86. The molecule has 0 aromatic carbocycles. The van der Waals surface area contributed by atoms with Gasteiger partial charge >= 0.3 is 0 Å². The van der Waals surface area contributed by atoms with E-state index in [1.165, 1.54) is 16.8 Å². The molecule has 3 aromatic rings. The van der Waals surface area contributed by atoms with Gasteiger partial charge in [0.05, 0.1) is 12.0 Å². The van der Waals surface area contributed by atoms with Gasteiger partial charge in [-0.25, -0.2) is 4.98 Å². The van der Waals surface area contributed by atoms with Gasteiger partial charge in [-0.15, -0.1) is 0 Å². The van der Waals surface area contributed by atoms with Gasteiger partial charge in [0.2, 0.25) is 0 Å². The van der Waals surface area contributed by atoms with Gasteiger partial charge in [0.1, 0.15) is 0 Å². The van der Waals surface area contributed by atoms with Crippen molar-refractivity contribution in [2.75, 3.05) is 0 Å². The van der Waals surface area contributed by atoms with Crippen molar-refractivity contribution in [3.63, 3.8) is 0 Å². The number of pyridine rings is 1. The second-order valence-electron chi connectivity index (χ2n) is 4.26. The third-order valence-electron chi connectivity index (χ3n) is 3.18. The zero-order valence-electron chi connectivity index (χ0n) is 10.2. The van der Waals surface area contributed by atoms with E-state index >= 15 is 0 Å². The van der Waals surface area contributed by atoms with Gasteiger partial charge in [-0.1, -0.05) is 0 Å². The summed E-state index contributed by atoms with van der Waals surface area (Å²) in [5, 5.41) is 0. The van der Waals surface area contributed by atoms with Crippen LogP contribution in [-0.4, -0.2) is 14.4 Å². The van der Waals surface area contributed by atoms with Gasteiger partial charge < -0.3 is 10.1 Å². The van der Waals surface area contributed by atoms with Crippen molar-refractivity contribution in [1.29, 1.82) is 0 Å². The van der Waals surface area contributed by atoms with Crippen LogP contribution >= 0.6 is 0 Å². The molecule has 0 saturated carbocycles. The van der Waals surface area contributed by atoms with Crippen LogP contribution in [0.2, 0.25) is 0 Å². The molecule has 0 unspecified atom stereocenters. The monoisotopic (exact) mass is 238 g/mol. The Morgan fingerprint density at radius 2 is 2.00 bits per heavy atom. The summed E-state index contributed by atoms with van der Waals surface area (Å²) >= 11 is 0. The van der Waals surface area contributed by atoms with Crippen molar-refractivity contribution in [2.24, 2.45) is 5.73 Å². The van der Waals surface area contributed by atoms with E-state index in [1.54, 1.807) is 12.4 Å². The van der Waals surface area contributed by atoms with Gasteiger partial charge in [-0.3, -0.25) is 4.98 Å². The summed E-state index contributed by atoms with van der Waals surface area (Å²) in [6.45, 7) is 2.55. The fourth-order valence-electron chi connectivity index (χ4n) is 2.18. The third kappa shape index (κ3) is 1.67. The van der Waals surface area contributed by atoms with Crippen LogP contribution in [0.15, 0.2) is 43.0 Å². The Labute approximate surface area is 105 Å². The molecule has 0 aliphatic rings. The standard InChI is InChI=1S/C14H14N4/c1-10-14(11-2-4-16-5-3-11)7-13-6-12(8-15)17-9-18(10)13/h2-7,9H,8,15H2,1H3. The second kappa shape index (κ2) is 4.23. The summed E-state index contributed by atoms with van der Waals surface area (Å²) in [4.78, 5) is 8.37. The number of nitrogens with zero attached hydrogens (tertiary/aromatic N) is 3. The number of rotatable bonds is 2. The van der Waals surface area contributed by atoms with Crippen molar-refractivity contribution < 1.29 is 0 Å². The summed E-state index contributed by atoms with van der Waals surface area (Å²) in [5.74, 6) is 0. The lowest BCUT2D eigenvalue weighted by Crippen LogP contribution is -2.01. The smallest absolute Gasteiger partial charge is 0.0996 e. The number of aryl methyl sites for hydroxylation is 1. The predicted octanol–water partition coefficient (Wildman–Crippen LogP) is 2.16. The molecule has 0 aliphatic carbocycles. The van der Waals surface area contributed by atoms with Crippen LogP contribution in [-0.2, 0) is 6.54 Å². The normalized spacial score (nSPS) is 11.0. The van der Waals surface area contributed by atoms with E-state index in [4.69, 9.17) is 5.73 Å². The molecule has 0 radical (unpaired) electrons. The summed E-state index contributed by atoms with van der Waals surface area (Å²) in [6.07, 6.45) is 5.44. The number of hydrogen-bond donors (Lipinski definition) is 1. The molecule has 3 heterocycles. The molecule has 0 saturated heterocycles. The van der Waals surface area contributed by atoms with Crippen molar-refractivity contribution in [2.45, 2.75) is 13.5 Å². The van der Waals surface area contributed by atoms with Crippen LogP contribution in [0, 0.1) is 6.92 Å². The summed E-state index contributed by atoms with van der Waals surface area (Å²) < 4.78 is 2.08. The predicted molar refractivity (Wildman–Crippen MR) is 71.1 cm³/mol. The molecule has 2 N–H and O–H groups in total. The number of fused-ring (bicyclic) bond motifs is 1. The number of nitrogens with two attached hydrogens (primary N) is 1. The Bertz CT molecular complexity index is 686. The highest BCUT2D eigenvalue weighted by Crippen LogP contribution is 2.26. The van der Waals surface area contributed by atoms with E-state index in [0.29, 0.717) is 6.54 Å². The van der Waals surface area contributed by atoms with Crippen molar-refractivity contribution in [3.8, 4) is 11.1 Å². The molecule has 90 valence electrons. The minimum Gasteiger partial charge on any atom is -0.325 e. The molecular formula is C14H14N4. The minimum absolute atomic E-state index is 0.464. The molecule has 0 aliphatic heterocycles. The maximum atomic E-state index is 5.62. The number of hydrogen-bond acceptors (Lipinski definition) is 3. The van der Waals surface area contributed by atoms with Gasteiger partial charge in [-0.2, -0.15) is 0 Å². The van der Waals surface area contributed by atoms with Crippen LogP contribution < -0.4 is 5.73 Å². The zero-order valence-corrected chi connectivity index (χ0v) is 10.2. The molecular weight excluding hydrogens is 224 g/mol. The van der Waals surface area contributed by atoms with E-state index in [0.717, 1.165) is 11.2 Å². The van der Waals surface area contributed by atoms with Gasteiger partial charge in [0, 0.05) is 35.7 Å². The quantitative estimate of drug-likeness (QED) is 0.744. The lowest BCUT2D eigenvalue weighted by molar-refractivity contribution is 0.941. The molecule has 4 heteroatoms. The maximum Gasteiger partial charge on any atom is 0.0996 e. The highest BCUT2D eigenvalue weighted by Gasteiger charge is 2.08. The third-order valence-corrected chi connectivity index (χ3v) is 3.18. The van der Waals surface area contributed by atoms with Gasteiger partial charge in [0.15, 0.2) is 0 Å². The average molecular weight is 238 g/mol. The van der Waals surface area contributed by atoms with E-state index in [-0.39, 0.29) is 0 Å². The summed E-state index contributed by atoms with van der Waals surface area (Å²) in [5.41, 5.74) is 11.2. The van der Waals surface area contributed by atoms with Crippen molar-refractivity contribution in [1.82, 2.24) is 14.4 Å². The second-order valence-corrected chi connectivity index (χ2v) is 4.26. The molecule has 18 heavy (non-hydrogen) atoms. The van der Waals surface area contributed by atoms with Crippen LogP contribution in [0.3, 0.4) is 0 Å². The van der Waals surface area contributed by atoms with E-state index in [9.17, 15) is 0 Å². The Kier molecular flexibility index (Phi) is 2.57. The van der Waals surface area contributed by atoms with Crippen molar-refractivity contribution in [3.05, 3.63) is 54.4 Å². The maximum absolute atomic E-state index is 5.62. The fourth-order valence-corrected chi connectivity index (χ4v) is 2.18. The van der Waals surface area contributed by atoms with E-state index in [2.05, 4.69) is 27.4 Å². The Morgan fingerprint density at radius 1 is 1.22 bits per heavy atom. The Hall–Kier alpha value is -2.20. The molecule has 4 nitrogen and oxygen atoms in total. The SMILES string of the molecule is Cc1c(-c2ccncc2)cc2cc(CN)ncn12. The van der Waals surface area contributed by atoms with Crippen LogP contribution in [0.25, 0.3) is 16.6 Å². The lowest BCUT2D eigenvalue weighted by atomic mass is 10.1. The summed E-state index contributed by atoms with van der Waals surface area (Å²) in [6, 6.07) is 8.21. The average Bonchev–Trinajstić information content (AvgIpc) is 2.76. The first-order chi connectivity index (χ1) is 8.79. The fraction of sp³-hybridized carbons (Fsp3) is 0.143. The van der Waals surface area contributed by atoms with E-state index in [1.807, 2.05) is 24.5 Å². The van der Waals surface area contributed by atoms with Crippen LogP contribution in [0.1, 0.15) is 11.4 Å². The van der Waals surface area contributed by atoms with Crippen LogP contribution in [0.5, 0.6) is 0 Å². The first kappa shape index (κ1) is 10.9. The summed E-state index contributed by atoms with van der Waals surface area (Å²) in [7, 11) is 0. The topological polar surface area (TPSA) is 56.2 Å². The van der Waals surface area contributed by atoms with E-state index < -0.39 is 0 Å². The first-order valence-electron chi connectivity index (χ1n) is 5.86. The van der Waals surface area contributed by atoms with Gasteiger partial charge in [-0.05, 0) is 36.8 Å². The highest BCUT2D eigenvalue weighted by molar-refractivity contribution is 5.73.